The number of carbonyl (C=O) groups excluding carboxylic acids is 2. The van der Waals surface area contributed by atoms with Crippen LogP contribution >= 0.6 is 23.1 Å². The summed E-state index contributed by atoms with van der Waals surface area (Å²) in [6.07, 6.45) is 0. The van der Waals surface area contributed by atoms with E-state index in [1.165, 1.54) is 18.7 Å². The first-order valence-corrected chi connectivity index (χ1v) is 10.6. The van der Waals surface area contributed by atoms with E-state index in [2.05, 4.69) is 15.6 Å². The summed E-state index contributed by atoms with van der Waals surface area (Å²) in [6, 6.07) is 15.5. The van der Waals surface area contributed by atoms with Gasteiger partial charge >= 0.3 is 0 Å². The molecule has 0 aliphatic heterocycles. The van der Waals surface area contributed by atoms with Crippen LogP contribution in [0.5, 0.6) is 0 Å². The number of hydrogen-bond donors (Lipinski definition) is 2. The van der Waals surface area contributed by atoms with Crippen molar-refractivity contribution in [3.8, 4) is 11.3 Å². The topological polar surface area (TPSA) is 71.1 Å². The molecule has 0 bridgehead atoms. The van der Waals surface area contributed by atoms with Gasteiger partial charge in [0.1, 0.15) is 0 Å². The molecule has 0 aliphatic rings. The van der Waals surface area contributed by atoms with Crippen molar-refractivity contribution >= 4 is 40.6 Å². The van der Waals surface area contributed by atoms with Gasteiger partial charge in [0.2, 0.25) is 11.8 Å². The van der Waals surface area contributed by atoms with Crippen molar-refractivity contribution in [1.82, 2.24) is 10.3 Å². The molecule has 0 fully saturated rings. The molecule has 1 heterocycles. The largest absolute Gasteiger partial charge is 0.351 e. The Bertz CT molecular complexity index is 951. The van der Waals surface area contributed by atoms with E-state index in [4.69, 9.17) is 0 Å². The highest BCUT2D eigenvalue weighted by molar-refractivity contribution is 8.00. The Labute approximate surface area is 172 Å². The van der Waals surface area contributed by atoms with Gasteiger partial charge < -0.3 is 10.6 Å². The first kappa shape index (κ1) is 20.1. The van der Waals surface area contributed by atoms with E-state index >= 15 is 0 Å². The third kappa shape index (κ3) is 5.94. The van der Waals surface area contributed by atoms with E-state index in [1.807, 2.05) is 60.8 Å². The van der Waals surface area contributed by atoms with Gasteiger partial charge in [-0.3, -0.25) is 9.59 Å². The van der Waals surface area contributed by atoms with Gasteiger partial charge in [-0.1, -0.05) is 24.3 Å². The van der Waals surface area contributed by atoms with Crippen molar-refractivity contribution in [2.24, 2.45) is 0 Å². The summed E-state index contributed by atoms with van der Waals surface area (Å²) >= 11 is 3.10. The first-order chi connectivity index (χ1) is 13.5. The van der Waals surface area contributed by atoms with Gasteiger partial charge in [-0.2, -0.15) is 0 Å². The monoisotopic (exact) mass is 411 g/mol. The smallest absolute Gasteiger partial charge is 0.230 e. The van der Waals surface area contributed by atoms with Gasteiger partial charge in [-0.25, -0.2) is 4.98 Å². The van der Waals surface area contributed by atoms with E-state index in [-0.39, 0.29) is 11.8 Å². The number of thiazole rings is 1. The fraction of sp³-hybridized carbons (Fsp3) is 0.190. The molecule has 5 nitrogen and oxygen atoms in total. The standard InChI is InChI=1S/C21H21N3O2S2/c1-14(25)23-18-7-9-19(10-8-18)28-13-21(26)22-11-16-3-5-17(6-4-16)20-12-27-15(2)24-20/h3-10,12H,11,13H2,1-2H3,(H,22,26)(H,23,25). The Kier molecular flexibility index (Phi) is 6.84. The molecule has 7 heteroatoms. The lowest BCUT2D eigenvalue weighted by molar-refractivity contribution is -0.118. The minimum atomic E-state index is -0.102. The summed E-state index contributed by atoms with van der Waals surface area (Å²) in [5.74, 6) is 0.222. The number of aryl methyl sites for hydroxylation is 1. The molecule has 3 aromatic rings. The molecular weight excluding hydrogens is 390 g/mol. The van der Waals surface area contributed by atoms with Gasteiger partial charge in [0.25, 0.3) is 0 Å². The summed E-state index contributed by atoms with van der Waals surface area (Å²) < 4.78 is 0. The van der Waals surface area contributed by atoms with Crippen LogP contribution in [0.3, 0.4) is 0 Å². The maximum Gasteiger partial charge on any atom is 0.230 e. The Morgan fingerprint density at radius 2 is 1.79 bits per heavy atom. The molecule has 3 rings (SSSR count). The number of carbonyl (C=O) groups is 2. The number of amides is 2. The van der Waals surface area contributed by atoms with Crippen LogP contribution in [-0.4, -0.2) is 22.6 Å². The lowest BCUT2D eigenvalue weighted by Gasteiger charge is -2.07. The molecule has 0 unspecified atom stereocenters. The van der Waals surface area contributed by atoms with Crippen LogP contribution in [0.2, 0.25) is 0 Å². The van der Waals surface area contributed by atoms with Crippen LogP contribution in [0.25, 0.3) is 11.3 Å². The van der Waals surface area contributed by atoms with Crippen LogP contribution in [0.1, 0.15) is 17.5 Å². The summed E-state index contributed by atoms with van der Waals surface area (Å²) in [4.78, 5) is 28.6. The third-order valence-electron chi connectivity index (χ3n) is 3.90. The van der Waals surface area contributed by atoms with Crippen LogP contribution in [0, 0.1) is 6.92 Å². The molecule has 0 spiro atoms. The van der Waals surface area contributed by atoms with Crippen molar-refractivity contribution in [3.05, 3.63) is 64.5 Å². The summed E-state index contributed by atoms with van der Waals surface area (Å²) in [5, 5.41) is 8.76. The van der Waals surface area contributed by atoms with Gasteiger partial charge in [-0.15, -0.1) is 23.1 Å². The second kappa shape index (κ2) is 9.52. The average molecular weight is 412 g/mol. The summed E-state index contributed by atoms with van der Waals surface area (Å²) in [7, 11) is 0. The lowest BCUT2D eigenvalue weighted by Crippen LogP contribution is -2.24. The molecule has 0 radical (unpaired) electrons. The molecular formula is C21H21N3O2S2. The van der Waals surface area contributed by atoms with Crippen molar-refractivity contribution in [1.29, 1.82) is 0 Å². The molecule has 0 saturated heterocycles. The zero-order chi connectivity index (χ0) is 19.9. The van der Waals surface area contributed by atoms with Crippen molar-refractivity contribution in [2.75, 3.05) is 11.1 Å². The Hall–Kier alpha value is -2.64. The van der Waals surface area contributed by atoms with Crippen molar-refractivity contribution in [3.63, 3.8) is 0 Å². The molecule has 2 aromatic carbocycles. The van der Waals surface area contributed by atoms with Gasteiger partial charge in [-0.05, 0) is 36.8 Å². The number of hydrogen-bond acceptors (Lipinski definition) is 5. The van der Waals surface area contributed by atoms with Gasteiger partial charge in [0.05, 0.1) is 16.5 Å². The predicted octanol–water partition coefficient (Wildman–Crippen LogP) is 4.49. The number of benzene rings is 2. The minimum absolute atomic E-state index is 0.0184. The normalized spacial score (nSPS) is 10.5. The molecule has 0 atom stereocenters. The quantitative estimate of drug-likeness (QED) is 0.562. The van der Waals surface area contributed by atoms with E-state index in [9.17, 15) is 9.59 Å². The minimum Gasteiger partial charge on any atom is -0.351 e. The zero-order valence-electron chi connectivity index (χ0n) is 15.7. The van der Waals surface area contributed by atoms with Crippen molar-refractivity contribution in [2.45, 2.75) is 25.3 Å². The summed E-state index contributed by atoms with van der Waals surface area (Å²) in [6.45, 7) is 3.96. The highest BCUT2D eigenvalue weighted by Crippen LogP contribution is 2.22. The fourth-order valence-electron chi connectivity index (χ4n) is 2.53. The molecule has 2 amide bonds. The van der Waals surface area contributed by atoms with E-state index in [0.717, 1.165) is 32.4 Å². The van der Waals surface area contributed by atoms with E-state index in [1.54, 1.807) is 11.3 Å². The Morgan fingerprint density at radius 1 is 1.07 bits per heavy atom. The average Bonchev–Trinajstić information content (AvgIpc) is 3.12. The second-order valence-corrected chi connectivity index (χ2v) is 8.33. The Balaban J connectivity index is 1.44. The summed E-state index contributed by atoms with van der Waals surface area (Å²) in [5.41, 5.74) is 3.86. The molecule has 2 N–H and O–H groups in total. The lowest BCUT2D eigenvalue weighted by atomic mass is 10.1. The van der Waals surface area contributed by atoms with Crippen LogP contribution in [0.4, 0.5) is 5.69 Å². The number of thioether (sulfide) groups is 1. The van der Waals surface area contributed by atoms with Crippen molar-refractivity contribution < 1.29 is 9.59 Å². The molecule has 144 valence electrons. The highest BCUT2D eigenvalue weighted by atomic mass is 32.2. The van der Waals surface area contributed by atoms with E-state index in [0.29, 0.717) is 12.3 Å². The van der Waals surface area contributed by atoms with Crippen LogP contribution < -0.4 is 10.6 Å². The molecule has 28 heavy (non-hydrogen) atoms. The maximum absolute atomic E-state index is 12.1. The van der Waals surface area contributed by atoms with Gasteiger partial charge in [0, 0.05) is 35.0 Å². The van der Waals surface area contributed by atoms with Crippen LogP contribution in [-0.2, 0) is 16.1 Å². The number of nitrogens with zero attached hydrogens (tertiary/aromatic N) is 1. The second-order valence-electron chi connectivity index (χ2n) is 6.22. The zero-order valence-corrected chi connectivity index (χ0v) is 17.3. The van der Waals surface area contributed by atoms with Gasteiger partial charge in [0.15, 0.2) is 0 Å². The highest BCUT2D eigenvalue weighted by Gasteiger charge is 2.05. The predicted molar refractivity (Wildman–Crippen MR) is 116 cm³/mol. The fourth-order valence-corrected chi connectivity index (χ4v) is 3.88. The maximum atomic E-state index is 12.1. The third-order valence-corrected chi connectivity index (χ3v) is 5.69. The van der Waals surface area contributed by atoms with Crippen LogP contribution in [0.15, 0.2) is 58.8 Å². The number of aromatic nitrogens is 1. The van der Waals surface area contributed by atoms with E-state index < -0.39 is 0 Å². The SMILES string of the molecule is CC(=O)Nc1ccc(SCC(=O)NCc2ccc(-c3csc(C)n3)cc2)cc1. The number of rotatable bonds is 7. The molecule has 0 aliphatic carbocycles. The molecule has 1 aromatic heterocycles. The number of anilines is 1. The first-order valence-electron chi connectivity index (χ1n) is 8.78. The molecule has 0 saturated carbocycles. The number of nitrogens with one attached hydrogen (secondary N) is 2. The Morgan fingerprint density at radius 3 is 2.39 bits per heavy atom.